The summed E-state index contributed by atoms with van der Waals surface area (Å²) in [5.41, 5.74) is 0.458. The van der Waals surface area contributed by atoms with E-state index in [4.69, 9.17) is 4.74 Å². The minimum absolute atomic E-state index is 0.0147. The van der Waals surface area contributed by atoms with Gasteiger partial charge in [0, 0.05) is 0 Å². The molecule has 2 aromatic rings. The monoisotopic (exact) mass is 304 g/mol. The molecule has 0 saturated heterocycles. The Morgan fingerprint density at radius 1 is 0.952 bits per heavy atom. The predicted molar refractivity (Wildman–Crippen MR) is 76.9 cm³/mol. The molecule has 0 unspecified atom stereocenters. The number of aromatic hydroxyl groups is 2. The van der Waals surface area contributed by atoms with Crippen molar-refractivity contribution in [3.8, 4) is 17.2 Å². The molecule has 0 saturated carbocycles. The maximum absolute atomic E-state index is 12.3. The Morgan fingerprint density at radius 3 is 2.33 bits per heavy atom. The Balaban J connectivity index is 1.84. The average Bonchev–Trinajstić information content (AvgIpc) is 2.69. The smallest absolute Gasteiger partial charge is 0.206 e. The number of fused-ring (bicyclic) bond motifs is 1. The van der Waals surface area contributed by atoms with Crippen LogP contribution in [0.25, 0.3) is 6.08 Å². The largest absolute Gasteiger partial charge is 0.508 e. The molecule has 108 valence electrons. The molecule has 1 heterocycles. The Labute approximate surface area is 121 Å². The van der Waals surface area contributed by atoms with Crippen LogP contribution in [0.3, 0.4) is 0 Å². The molecule has 0 aliphatic carbocycles. The highest BCUT2D eigenvalue weighted by molar-refractivity contribution is 7.95. The Hall–Kier alpha value is -2.47. The second-order valence-electron chi connectivity index (χ2n) is 4.62. The van der Waals surface area contributed by atoms with Gasteiger partial charge in [0.2, 0.25) is 9.84 Å². The minimum Gasteiger partial charge on any atom is -0.508 e. The standard InChI is InChI=1S/C15H12O5S/c16-11-1-4-13(5-2-11)20-9-14-8-10-7-12(17)3-6-15(10)21(14,18)19/h1-8,16-17H,9H2. The van der Waals surface area contributed by atoms with Crippen LogP contribution in [0.1, 0.15) is 5.56 Å². The molecular weight excluding hydrogens is 292 g/mol. The molecule has 0 radical (unpaired) electrons. The van der Waals surface area contributed by atoms with Crippen molar-refractivity contribution < 1.29 is 23.4 Å². The fourth-order valence-electron chi connectivity index (χ4n) is 2.10. The molecule has 0 amide bonds. The van der Waals surface area contributed by atoms with E-state index < -0.39 is 9.84 Å². The maximum Gasteiger partial charge on any atom is 0.206 e. The summed E-state index contributed by atoms with van der Waals surface area (Å²) in [7, 11) is -3.57. The second-order valence-corrected chi connectivity index (χ2v) is 6.59. The lowest BCUT2D eigenvalue weighted by Gasteiger charge is -2.07. The van der Waals surface area contributed by atoms with Gasteiger partial charge in [-0.2, -0.15) is 0 Å². The maximum atomic E-state index is 12.3. The van der Waals surface area contributed by atoms with Crippen molar-refractivity contribution in [2.24, 2.45) is 0 Å². The number of sulfone groups is 1. The number of hydrogen-bond acceptors (Lipinski definition) is 5. The highest BCUT2D eigenvalue weighted by atomic mass is 32.2. The molecule has 5 nitrogen and oxygen atoms in total. The number of ether oxygens (including phenoxy) is 1. The van der Waals surface area contributed by atoms with E-state index in [1.54, 1.807) is 12.1 Å². The van der Waals surface area contributed by atoms with E-state index in [2.05, 4.69) is 0 Å². The van der Waals surface area contributed by atoms with E-state index in [1.165, 1.54) is 36.4 Å². The summed E-state index contributed by atoms with van der Waals surface area (Å²) >= 11 is 0. The van der Waals surface area contributed by atoms with Gasteiger partial charge in [-0.15, -0.1) is 0 Å². The first-order valence-electron chi connectivity index (χ1n) is 6.17. The number of phenolic OH excluding ortho intramolecular Hbond substituents is 2. The third-order valence-electron chi connectivity index (χ3n) is 3.16. The first-order chi connectivity index (χ1) is 9.96. The Bertz CT molecular complexity index is 820. The van der Waals surface area contributed by atoms with Gasteiger partial charge in [0.1, 0.15) is 23.9 Å². The zero-order chi connectivity index (χ0) is 15.0. The van der Waals surface area contributed by atoms with Crippen molar-refractivity contribution in [2.45, 2.75) is 4.90 Å². The molecule has 21 heavy (non-hydrogen) atoms. The number of benzene rings is 2. The van der Waals surface area contributed by atoms with Crippen LogP contribution in [-0.4, -0.2) is 25.2 Å². The topological polar surface area (TPSA) is 83.8 Å². The molecule has 0 bridgehead atoms. The SMILES string of the molecule is O=S1(=O)C(COc2ccc(O)cc2)=Cc2cc(O)ccc21. The summed E-state index contributed by atoms with van der Waals surface area (Å²) in [6.45, 7) is -0.109. The van der Waals surface area contributed by atoms with Gasteiger partial charge in [-0.25, -0.2) is 8.42 Å². The molecule has 0 fully saturated rings. The summed E-state index contributed by atoms with van der Waals surface area (Å²) in [5.74, 6) is 0.585. The van der Waals surface area contributed by atoms with Crippen molar-refractivity contribution in [1.82, 2.24) is 0 Å². The van der Waals surface area contributed by atoms with E-state index in [-0.39, 0.29) is 27.9 Å². The van der Waals surface area contributed by atoms with E-state index in [1.807, 2.05) is 0 Å². The van der Waals surface area contributed by atoms with Crippen LogP contribution in [0.2, 0.25) is 0 Å². The summed E-state index contributed by atoms with van der Waals surface area (Å²) in [6, 6.07) is 10.1. The lowest BCUT2D eigenvalue weighted by Crippen LogP contribution is -2.08. The van der Waals surface area contributed by atoms with Crippen LogP contribution >= 0.6 is 0 Å². The third kappa shape index (κ3) is 2.45. The van der Waals surface area contributed by atoms with Gasteiger partial charge in [-0.1, -0.05) is 0 Å². The van der Waals surface area contributed by atoms with Crippen LogP contribution in [0.5, 0.6) is 17.2 Å². The van der Waals surface area contributed by atoms with Crippen molar-refractivity contribution in [3.05, 3.63) is 52.9 Å². The first-order valence-corrected chi connectivity index (χ1v) is 7.66. The number of phenols is 2. The number of hydrogen-bond donors (Lipinski definition) is 2. The molecular formula is C15H12O5S. The van der Waals surface area contributed by atoms with E-state index >= 15 is 0 Å². The van der Waals surface area contributed by atoms with E-state index in [0.717, 1.165) is 0 Å². The first kappa shape index (κ1) is 13.5. The van der Waals surface area contributed by atoms with E-state index in [9.17, 15) is 18.6 Å². The van der Waals surface area contributed by atoms with Crippen LogP contribution < -0.4 is 4.74 Å². The van der Waals surface area contributed by atoms with Crippen LogP contribution in [0.15, 0.2) is 52.3 Å². The molecule has 1 aliphatic rings. The fourth-order valence-corrected chi connectivity index (χ4v) is 3.56. The predicted octanol–water partition coefficient (Wildman–Crippen LogP) is 2.31. The quantitative estimate of drug-likeness (QED) is 0.909. The lowest BCUT2D eigenvalue weighted by atomic mass is 10.2. The number of rotatable bonds is 3. The van der Waals surface area contributed by atoms with Crippen molar-refractivity contribution in [3.63, 3.8) is 0 Å². The fraction of sp³-hybridized carbons (Fsp3) is 0.0667. The summed E-state index contributed by atoms with van der Waals surface area (Å²) < 4.78 is 30.0. The van der Waals surface area contributed by atoms with Crippen LogP contribution in [0.4, 0.5) is 0 Å². The molecule has 0 spiro atoms. The van der Waals surface area contributed by atoms with Gasteiger partial charge < -0.3 is 14.9 Å². The summed E-state index contributed by atoms with van der Waals surface area (Å²) in [6.07, 6.45) is 1.49. The molecule has 2 N–H and O–H groups in total. The van der Waals surface area contributed by atoms with Crippen LogP contribution in [-0.2, 0) is 9.84 Å². The highest BCUT2D eigenvalue weighted by Gasteiger charge is 2.30. The molecule has 0 aromatic heterocycles. The second kappa shape index (κ2) is 4.82. The molecule has 1 aliphatic heterocycles. The lowest BCUT2D eigenvalue weighted by molar-refractivity contribution is 0.358. The zero-order valence-electron chi connectivity index (χ0n) is 10.9. The van der Waals surface area contributed by atoms with Gasteiger partial charge in [-0.3, -0.25) is 0 Å². The summed E-state index contributed by atoms with van der Waals surface area (Å²) in [5, 5.41) is 18.6. The average molecular weight is 304 g/mol. The Morgan fingerprint density at radius 2 is 1.62 bits per heavy atom. The molecule has 2 aromatic carbocycles. The highest BCUT2D eigenvalue weighted by Crippen LogP contribution is 2.35. The van der Waals surface area contributed by atoms with Gasteiger partial charge in [0.25, 0.3) is 0 Å². The molecule has 6 heteroatoms. The van der Waals surface area contributed by atoms with E-state index in [0.29, 0.717) is 11.3 Å². The van der Waals surface area contributed by atoms with Gasteiger partial charge >= 0.3 is 0 Å². The minimum atomic E-state index is -3.57. The normalized spacial score (nSPS) is 15.3. The molecule has 0 atom stereocenters. The van der Waals surface area contributed by atoms with Gasteiger partial charge in [0.05, 0.1) is 9.80 Å². The van der Waals surface area contributed by atoms with Crippen LogP contribution in [0, 0.1) is 0 Å². The third-order valence-corrected chi connectivity index (χ3v) is 5.04. The van der Waals surface area contributed by atoms with Gasteiger partial charge in [-0.05, 0) is 54.1 Å². The zero-order valence-corrected chi connectivity index (χ0v) is 11.7. The summed E-state index contributed by atoms with van der Waals surface area (Å²) in [4.78, 5) is 0.306. The van der Waals surface area contributed by atoms with Crippen molar-refractivity contribution in [2.75, 3.05) is 6.61 Å². The Kier molecular flexibility index (Phi) is 3.10. The van der Waals surface area contributed by atoms with Crippen molar-refractivity contribution in [1.29, 1.82) is 0 Å². The molecule has 3 rings (SSSR count). The van der Waals surface area contributed by atoms with Gasteiger partial charge in [0.15, 0.2) is 0 Å². The van der Waals surface area contributed by atoms with Crippen molar-refractivity contribution >= 4 is 15.9 Å².